The van der Waals surface area contributed by atoms with Crippen LogP contribution in [0.15, 0.2) is 24.3 Å². The fraction of sp³-hybridized carbons (Fsp3) is 0.467. The van der Waals surface area contributed by atoms with Gasteiger partial charge in [0.25, 0.3) is 0 Å². The van der Waals surface area contributed by atoms with Crippen LogP contribution in [0.1, 0.15) is 31.4 Å². The molecule has 0 spiro atoms. The average Bonchev–Trinajstić information content (AvgIpc) is 2.49. The summed E-state index contributed by atoms with van der Waals surface area (Å²) < 4.78 is 40.0. The summed E-state index contributed by atoms with van der Waals surface area (Å²) in [5, 5.41) is 13.1. The van der Waals surface area contributed by atoms with Crippen LogP contribution in [-0.2, 0) is 4.79 Å². The number of nitriles is 1. The SMILES string of the molecule is [B]c1ccc([C@H](N[C@@H](CCC)C(=O)NCC#N)C(F)(F)F)cc1. The van der Waals surface area contributed by atoms with Gasteiger partial charge in [-0.25, -0.2) is 0 Å². The van der Waals surface area contributed by atoms with Crippen molar-refractivity contribution in [2.45, 2.75) is 38.0 Å². The molecule has 2 N–H and O–H groups in total. The molecule has 1 rings (SSSR count). The topological polar surface area (TPSA) is 64.9 Å². The first kappa shape index (κ1) is 19.0. The second-order valence-electron chi connectivity index (χ2n) is 5.03. The minimum atomic E-state index is -4.57. The molecule has 1 aromatic carbocycles. The van der Waals surface area contributed by atoms with Crippen molar-refractivity contribution in [3.05, 3.63) is 29.8 Å². The molecule has 0 bridgehead atoms. The fourth-order valence-corrected chi connectivity index (χ4v) is 2.10. The Labute approximate surface area is 134 Å². The summed E-state index contributed by atoms with van der Waals surface area (Å²) in [5.41, 5.74) is 0.326. The van der Waals surface area contributed by atoms with E-state index in [0.717, 1.165) is 0 Å². The summed E-state index contributed by atoms with van der Waals surface area (Å²) in [7, 11) is 5.49. The van der Waals surface area contributed by atoms with Crippen LogP contribution in [0.2, 0.25) is 0 Å². The third-order valence-electron chi connectivity index (χ3n) is 3.20. The van der Waals surface area contributed by atoms with Crippen molar-refractivity contribution in [2.75, 3.05) is 6.54 Å². The van der Waals surface area contributed by atoms with Gasteiger partial charge in [-0.3, -0.25) is 10.1 Å². The van der Waals surface area contributed by atoms with Crippen LogP contribution in [0, 0.1) is 11.3 Å². The van der Waals surface area contributed by atoms with E-state index in [4.69, 9.17) is 13.1 Å². The van der Waals surface area contributed by atoms with Gasteiger partial charge in [0.05, 0.1) is 12.1 Å². The van der Waals surface area contributed by atoms with Crippen LogP contribution in [0.3, 0.4) is 0 Å². The van der Waals surface area contributed by atoms with Gasteiger partial charge in [0.1, 0.15) is 20.4 Å². The molecular weight excluding hydrogens is 306 g/mol. The zero-order valence-electron chi connectivity index (χ0n) is 12.7. The summed E-state index contributed by atoms with van der Waals surface area (Å²) in [4.78, 5) is 11.9. The minimum Gasteiger partial charge on any atom is -0.342 e. The van der Waals surface area contributed by atoms with Gasteiger partial charge in [0.2, 0.25) is 5.91 Å². The molecule has 4 nitrogen and oxygen atoms in total. The number of alkyl halides is 3. The fourth-order valence-electron chi connectivity index (χ4n) is 2.10. The smallest absolute Gasteiger partial charge is 0.342 e. The molecule has 0 unspecified atom stereocenters. The number of carbonyl (C=O) groups is 1. The Morgan fingerprint density at radius 2 is 1.96 bits per heavy atom. The molecule has 0 aliphatic rings. The number of carbonyl (C=O) groups excluding carboxylic acids is 1. The van der Waals surface area contributed by atoms with E-state index in [2.05, 4.69) is 10.6 Å². The van der Waals surface area contributed by atoms with E-state index in [1.165, 1.54) is 24.3 Å². The van der Waals surface area contributed by atoms with E-state index >= 15 is 0 Å². The van der Waals surface area contributed by atoms with Crippen molar-refractivity contribution in [1.29, 1.82) is 5.26 Å². The lowest BCUT2D eigenvalue weighted by Crippen LogP contribution is -2.49. The Kier molecular flexibility index (Phi) is 7.10. The molecule has 122 valence electrons. The molecule has 0 aliphatic carbocycles. The highest BCUT2D eigenvalue weighted by Gasteiger charge is 2.42. The highest BCUT2D eigenvalue weighted by atomic mass is 19.4. The first-order valence-corrected chi connectivity index (χ1v) is 7.12. The number of amides is 1. The lowest BCUT2D eigenvalue weighted by Gasteiger charge is -2.27. The monoisotopic (exact) mass is 323 g/mol. The number of rotatable bonds is 7. The van der Waals surface area contributed by atoms with Crippen molar-refractivity contribution in [3.63, 3.8) is 0 Å². The molecule has 0 heterocycles. The lowest BCUT2D eigenvalue weighted by atomic mass is 9.93. The Morgan fingerprint density at radius 3 is 2.43 bits per heavy atom. The maximum atomic E-state index is 13.3. The van der Waals surface area contributed by atoms with Gasteiger partial charge >= 0.3 is 6.18 Å². The maximum absolute atomic E-state index is 13.3. The summed E-state index contributed by atoms with van der Waals surface area (Å²) in [6.07, 6.45) is -3.83. The van der Waals surface area contributed by atoms with Gasteiger partial charge in [-0.1, -0.05) is 43.1 Å². The minimum absolute atomic E-state index is 0.0270. The van der Waals surface area contributed by atoms with Crippen molar-refractivity contribution in [2.24, 2.45) is 0 Å². The second-order valence-corrected chi connectivity index (χ2v) is 5.03. The number of hydrogen-bond acceptors (Lipinski definition) is 3. The lowest BCUT2D eigenvalue weighted by molar-refractivity contribution is -0.161. The van der Waals surface area contributed by atoms with Crippen LogP contribution < -0.4 is 16.1 Å². The first-order valence-electron chi connectivity index (χ1n) is 7.12. The van der Waals surface area contributed by atoms with E-state index in [-0.39, 0.29) is 18.5 Å². The van der Waals surface area contributed by atoms with Crippen molar-refractivity contribution < 1.29 is 18.0 Å². The average molecular weight is 323 g/mol. The Hall–Kier alpha value is -2.01. The van der Waals surface area contributed by atoms with E-state index in [9.17, 15) is 18.0 Å². The summed E-state index contributed by atoms with van der Waals surface area (Å²) in [6.45, 7) is 1.51. The second kappa shape index (κ2) is 8.58. The molecule has 1 amide bonds. The normalized spacial score (nSPS) is 13.9. The predicted molar refractivity (Wildman–Crippen MR) is 81.1 cm³/mol. The van der Waals surface area contributed by atoms with Gasteiger partial charge in [0, 0.05) is 0 Å². The molecule has 0 fully saturated rings. The third kappa shape index (κ3) is 5.95. The van der Waals surface area contributed by atoms with Gasteiger partial charge < -0.3 is 5.32 Å². The van der Waals surface area contributed by atoms with Gasteiger partial charge in [-0.2, -0.15) is 18.4 Å². The molecule has 0 saturated heterocycles. The van der Waals surface area contributed by atoms with Crippen molar-refractivity contribution in [3.8, 4) is 6.07 Å². The summed E-state index contributed by atoms with van der Waals surface area (Å²) in [6, 6.07) is 3.98. The highest BCUT2D eigenvalue weighted by molar-refractivity contribution is 6.32. The molecule has 0 aromatic heterocycles. The van der Waals surface area contributed by atoms with Crippen LogP contribution in [0.4, 0.5) is 13.2 Å². The Balaban J connectivity index is 2.99. The molecule has 1 aromatic rings. The van der Waals surface area contributed by atoms with Crippen LogP contribution >= 0.6 is 0 Å². The summed E-state index contributed by atoms with van der Waals surface area (Å²) >= 11 is 0. The number of nitrogens with one attached hydrogen (secondary N) is 2. The summed E-state index contributed by atoms with van der Waals surface area (Å²) in [5.74, 6) is -0.627. The van der Waals surface area contributed by atoms with Gasteiger partial charge in [0.15, 0.2) is 0 Å². The van der Waals surface area contributed by atoms with Crippen molar-refractivity contribution >= 4 is 19.2 Å². The molecule has 23 heavy (non-hydrogen) atoms. The van der Waals surface area contributed by atoms with E-state index in [1.54, 1.807) is 13.0 Å². The molecular formula is C15H17BF3N3O. The van der Waals surface area contributed by atoms with Crippen molar-refractivity contribution in [1.82, 2.24) is 10.6 Å². The molecule has 0 aliphatic heterocycles. The number of nitrogens with zero attached hydrogens (tertiary/aromatic N) is 1. The predicted octanol–water partition coefficient (Wildman–Crippen LogP) is 1.48. The first-order chi connectivity index (χ1) is 10.8. The number of halogens is 3. The highest BCUT2D eigenvalue weighted by Crippen LogP contribution is 2.33. The van der Waals surface area contributed by atoms with Gasteiger partial charge in [-0.15, -0.1) is 0 Å². The Morgan fingerprint density at radius 1 is 1.35 bits per heavy atom. The quantitative estimate of drug-likeness (QED) is 0.590. The Bertz CT molecular complexity index is 555. The zero-order valence-corrected chi connectivity index (χ0v) is 12.7. The molecule has 8 heteroatoms. The van der Waals surface area contributed by atoms with Crippen LogP contribution in [0.25, 0.3) is 0 Å². The maximum Gasteiger partial charge on any atom is 0.407 e. The molecule has 2 atom stereocenters. The third-order valence-corrected chi connectivity index (χ3v) is 3.20. The largest absolute Gasteiger partial charge is 0.407 e. The molecule has 2 radical (unpaired) electrons. The number of benzene rings is 1. The van der Waals surface area contributed by atoms with Crippen LogP contribution in [-0.4, -0.2) is 32.5 Å². The van der Waals surface area contributed by atoms with E-state index in [0.29, 0.717) is 11.9 Å². The standard InChI is InChI=1S/C15H17BF3N3O/c1-2-3-12(14(23)21-9-8-20)22-13(15(17,18)19)10-4-6-11(16)7-5-10/h4-7,12-13,22H,2-3,9H2,1H3,(H,21,23)/t12-,13-/m0/s1. The van der Waals surface area contributed by atoms with E-state index < -0.39 is 24.2 Å². The van der Waals surface area contributed by atoms with E-state index in [1.807, 2.05) is 0 Å². The zero-order chi connectivity index (χ0) is 17.5. The number of hydrogen-bond donors (Lipinski definition) is 2. The van der Waals surface area contributed by atoms with Crippen LogP contribution in [0.5, 0.6) is 0 Å². The molecule has 0 saturated carbocycles. The van der Waals surface area contributed by atoms with Gasteiger partial charge in [-0.05, 0) is 12.0 Å².